The first-order valence-corrected chi connectivity index (χ1v) is 11.8. The molecule has 0 radical (unpaired) electrons. The number of piperidine rings is 2. The molecule has 2 saturated carbocycles. The number of rotatable bonds is 8. The van der Waals surface area contributed by atoms with E-state index >= 15 is 0 Å². The number of ether oxygens (including phenoxy) is 1. The number of anilines is 1. The molecule has 7 heteroatoms. The SMILES string of the molecule is O=C(Nc1ccc(OCc2noc(C3CC3)n2)cc1)C1C2CC1CN(Cc1ccccc1)C2. The summed E-state index contributed by atoms with van der Waals surface area (Å²) in [5.41, 5.74) is 2.14. The van der Waals surface area contributed by atoms with Gasteiger partial charge in [-0.2, -0.15) is 4.98 Å². The smallest absolute Gasteiger partial charge is 0.229 e. The summed E-state index contributed by atoms with van der Waals surface area (Å²) in [5.74, 6) is 3.59. The predicted molar refractivity (Wildman–Crippen MR) is 122 cm³/mol. The van der Waals surface area contributed by atoms with E-state index in [9.17, 15) is 4.79 Å². The Morgan fingerprint density at radius 1 is 1.06 bits per heavy atom. The molecule has 2 atom stereocenters. The Kier molecular flexibility index (Phi) is 5.34. The van der Waals surface area contributed by atoms with E-state index < -0.39 is 0 Å². The molecule has 0 spiro atoms. The predicted octanol–water partition coefficient (Wildman–Crippen LogP) is 4.23. The molecular weight excluding hydrogens is 416 g/mol. The summed E-state index contributed by atoms with van der Waals surface area (Å²) in [6.07, 6.45) is 3.42. The zero-order valence-electron chi connectivity index (χ0n) is 18.5. The Morgan fingerprint density at radius 3 is 2.55 bits per heavy atom. The highest BCUT2D eigenvalue weighted by atomic mass is 16.5. The molecule has 2 saturated heterocycles. The summed E-state index contributed by atoms with van der Waals surface area (Å²) in [4.78, 5) is 19.8. The van der Waals surface area contributed by atoms with Crippen LogP contribution in [0.1, 0.15) is 42.5 Å². The fourth-order valence-corrected chi connectivity index (χ4v) is 5.21. The van der Waals surface area contributed by atoms with Gasteiger partial charge in [-0.3, -0.25) is 9.69 Å². The van der Waals surface area contributed by atoms with Crippen molar-refractivity contribution < 1.29 is 14.1 Å². The van der Waals surface area contributed by atoms with Crippen LogP contribution in [0.15, 0.2) is 59.1 Å². The number of hydrogen-bond acceptors (Lipinski definition) is 6. The molecule has 33 heavy (non-hydrogen) atoms. The highest BCUT2D eigenvalue weighted by Crippen LogP contribution is 2.46. The van der Waals surface area contributed by atoms with Gasteiger partial charge in [0.25, 0.3) is 0 Å². The number of nitrogens with one attached hydrogen (secondary N) is 1. The molecule has 2 aromatic carbocycles. The van der Waals surface area contributed by atoms with Crippen molar-refractivity contribution in [2.24, 2.45) is 17.8 Å². The number of benzene rings is 2. The molecule has 4 aliphatic rings. The minimum Gasteiger partial charge on any atom is -0.485 e. The third-order valence-corrected chi connectivity index (χ3v) is 7.06. The lowest BCUT2D eigenvalue weighted by Crippen LogP contribution is -2.58. The maximum absolute atomic E-state index is 12.9. The largest absolute Gasteiger partial charge is 0.485 e. The van der Waals surface area contributed by atoms with E-state index in [0.29, 0.717) is 29.3 Å². The summed E-state index contributed by atoms with van der Waals surface area (Å²) in [6.45, 7) is 3.23. The molecule has 1 amide bonds. The molecular formula is C26H28N4O3. The van der Waals surface area contributed by atoms with Crippen molar-refractivity contribution in [1.82, 2.24) is 15.0 Å². The van der Waals surface area contributed by atoms with Crippen LogP contribution >= 0.6 is 0 Å². The Labute approximate surface area is 193 Å². The van der Waals surface area contributed by atoms with Crippen molar-refractivity contribution in [2.45, 2.75) is 38.3 Å². The molecule has 2 aliphatic carbocycles. The van der Waals surface area contributed by atoms with Gasteiger partial charge >= 0.3 is 0 Å². The Balaban J connectivity index is 0.988. The fraction of sp³-hybridized carbons (Fsp3) is 0.423. The van der Waals surface area contributed by atoms with E-state index in [1.54, 1.807) is 0 Å². The normalized spacial score (nSPS) is 24.2. The van der Waals surface area contributed by atoms with Crippen LogP contribution in [0.3, 0.4) is 0 Å². The van der Waals surface area contributed by atoms with Crippen LogP contribution in [0.4, 0.5) is 5.69 Å². The molecule has 2 aliphatic heterocycles. The summed E-state index contributed by atoms with van der Waals surface area (Å²) >= 11 is 0. The lowest BCUT2D eigenvalue weighted by atomic mass is 9.61. The van der Waals surface area contributed by atoms with Gasteiger partial charge in [-0.15, -0.1) is 0 Å². The zero-order valence-corrected chi connectivity index (χ0v) is 18.5. The van der Waals surface area contributed by atoms with Crippen molar-refractivity contribution >= 4 is 11.6 Å². The minimum absolute atomic E-state index is 0.117. The van der Waals surface area contributed by atoms with E-state index in [2.05, 4.69) is 50.7 Å². The van der Waals surface area contributed by atoms with Crippen molar-refractivity contribution in [1.29, 1.82) is 0 Å². The second kappa shape index (κ2) is 8.63. The molecule has 170 valence electrons. The minimum atomic E-state index is 0.117. The average Bonchev–Trinajstić information content (AvgIpc) is 3.57. The van der Waals surface area contributed by atoms with Crippen LogP contribution in [0, 0.1) is 17.8 Å². The number of carbonyl (C=O) groups excluding carboxylic acids is 1. The van der Waals surface area contributed by atoms with E-state index in [-0.39, 0.29) is 18.4 Å². The van der Waals surface area contributed by atoms with E-state index in [1.807, 2.05) is 24.3 Å². The van der Waals surface area contributed by atoms with Gasteiger partial charge in [-0.1, -0.05) is 35.5 Å². The number of aromatic nitrogens is 2. The Morgan fingerprint density at radius 2 is 1.82 bits per heavy atom. The maximum Gasteiger partial charge on any atom is 0.229 e. The standard InChI is InChI=1S/C26H28N4O3/c31-25(24-19-12-20(24)15-30(14-19)13-17-4-2-1-3-5-17)27-21-8-10-22(11-9-21)32-16-23-28-26(33-29-23)18-6-7-18/h1-5,8-11,18-20,24H,6-7,12-16H2,(H,27,31). The van der Waals surface area contributed by atoms with Crippen LogP contribution in [0.2, 0.25) is 0 Å². The van der Waals surface area contributed by atoms with E-state index in [1.165, 1.54) is 5.56 Å². The topological polar surface area (TPSA) is 80.5 Å². The lowest BCUT2D eigenvalue weighted by molar-refractivity contribution is -0.136. The molecule has 3 heterocycles. The number of hydrogen-bond donors (Lipinski definition) is 1. The number of fused-ring (bicyclic) bond motifs is 2. The molecule has 1 aromatic heterocycles. The van der Waals surface area contributed by atoms with Crippen LogP contribution in [-0.2, 0) is 17.9 Å². The summed E-state index contributed by atoms with van der Waals surface area (Å²) in [5, 5.41) is 7.08. The summed E-state index contributed by atoms with van der Waals surface area (Å²) in [6, 6.07) is 18.1. The van der Waals surface area contributed by atoms with Gasteiger partial charge in [-0.25, -0.2) is 0 Å². The molecule has 7 rings (SSSR count). The summed E-state index contributed by atoms with van der Waals surface area (Å²) < 4.78 is 11.0. The van der Waals surface area contributed by atoms with Crippen molar-refractivity contribution in [2.75, 3.05) is 18.4 Å². The first-order valence-electron chi connectivity index (χ1n) is 11.8. The van der Waals surface area contributed by atoms with Crippen LogP contribution in [0.25, 0.3) is 0 Å². The van der Waals surface area contributed by atoms with Crippen molar-refractivity contribution in [3.8, 4) is 5.75 Å². The quantitative estimate of drug-likeness (QED) is 0.560. The van der Waals surface area contributed by atoms with Gasteiger partial charge in [0.2, 0.25) is 17.6 Å². The van der Waals surface area contributed by atoms with Gasteiger partial charge in [0.15, 0.2) is 6.61 Å². The summed E-state index contributed by atoms with van der Waals surface area (Å²) in [7, 11) is 0. The Hall–Kier alpha value is -3.19. The second-order valence-corrected chi connectivity index (χ2v) is 9.59. The molecule has 2 unspecified atom stereocenters. The first-order chi connectivity index (χ1) is 16.2. The van der Waals surface area contributed by atoms with Crippen molar-refractivity contribution in [3.63, 3.8) is 0 Å². The lowest BCUT2D eigenvalue weighted by Gasteiger charge is -2.52. The molecule has 1 N–H and O–H groups in total. The molecule has 3 aromatic rings. The van der Waals surface area contributed by atoms with Crippen LogP contribution in [-0.4, -0.2) is 34.0 Å². The highest BCUT2D eigenvalue weighted by molar-refractivity contribution is 5.93. The van der Waals surface area contributed by atoms with Gasteiger partial charge < -0.3 is 14.6 Å². The highest BCUT2D eigenvalue weighted by Gasteiger charge is 2.50. The van der Waals surface area contributed by atoms with Crippen molar-refractivity contribution in [3.05, 3.63) is 71.9 Å². The second-order valence-electron chi connectivity index (χ2n) is 9.59. The fourth-order valence-electron chi connectivity index (χ4n) is 5.21. The van der Waals surface area contributed by atoms with Gasteiger partial charge in [0.05, 0.1) is 0 Å². The van der Waals surface area contributed by atoms with Gasteiger partial charge in [0.1, 0.15) is 5.75 Å². The Bertz CT molecular complexity index is 1100. The van der Waals surface area contributed by atoms with Crippen LogP contribution < -0.4 is 10.1 Å². The number of carbonyl (C=O) groups is 1. The van der Waals surface area contributed by atoms with E-state index in [0.717, 1.165) is 50.5 Å². The zero-order chi connectivity index (χ0) is 22.2. The third-order valence-electron chi connectivity index (χ3n) is 7.06. The van der Waals surface area contributed by atoms with Gasteiger partial charge in [0, 0.05) is 37.2 Å². The number of amides is 1. The number of nitrogens with zero attached hydrogens (tertiary/aromatic N) is 3. The van der Waals surface area contributed by atoms with E-state index in [4.69, 9.17) is 9.26 Å². The first kappa shape index (κ1) is 20.4. The third kappa shape index (κ3) is 4.50. The van der Waals surface area contributed by atoms with Crippen LogP contribution in [0.5, 0.6) is 5.75 Å². The monoisotopic (exact) mass is 444 g/mol. The molecule has 7 nitrogen and oxygen atoms in total. The van der Waals surface area contributed by atoms with Gasteiger partial charge in [-0.05, 0) is 60.9 Å². The maximum atomic E-state index is 12.9. The average molecular weight is 445 g/mol. The molecule has 2 bridgehead atoms. The molecule has 4 fully saturated rings.